The zero-order valence-corrected chi connectivity index (χ0v) is 9.53. The monoisotopic (exact) mass is 224 g/mol. The average molecular weight is 224 g/mol. The summed E-state index contributed by atoms with van der Waals surface area (Å²) in [5.74, 6) is 0. The Kier molecular flexibility index (Phi) is 4.06. The molecule has 1 heterocycles. The summed E-state index contributed by atoms with van der Waals surface area (Å²) in [7, 11) is 0. The zero-order chi connectivity index (χ0) is 10.5. The first-order valence-corrected chi connectivity index (χ1v) is 5.77. The molecular formula is C12H16O2S. The van der Waals surface area contributed by atoms with Crippen LogP contribution in [0.5, 0.6) is 0 Å². The van der Waals surface area contributed by atoms with E-state index in [1.165, 1.54) is 5.56 Å². The Bertz CT molecular complexity index is 289. The minimum Gasteiger partial charge on any atom is -0.375 e. The van der Waals surface area contributed by atoms with Crippen molar-refractivity contribution in [1.29, 1.82) is 0 Å². The van der Waals surface area contributed by atoms with Gasteiger partial charge >= 0.3 is 0 Å². The van der Waals surface area contributed by atoms with Gasteiger partial charge in [-0.25, -0.2) is 0 Å². The standard InChI is InChI=1S/C12H16O2S/c15-12-6-11(14-9-12)8-13-7-10-4-2-1-3-5-10/h1-5,11-12,15H,6-9H2/t11-,12-/m1/s1. The summed E-state index contributed by atoms with van der Waals surface area (Å²) in [5.41, 5.74) is 1.21. The Morgan fingerprint density at radius 2 is 2.13 bits per heavy atom. The van der Waals surface area contributed by atoms with Gasteiger partial charge in [0.2, 0.25) is 0 Å². The average Bonchev–Trinajstić information content (AvgIpc) is 2.66. The predicted octanol–water partition coefficient (Wildman–Crippen LogP) is 2.29. The van der Waals surface area contributed by atoms with Crippen molar-refractivity contribution in [2.45, 2.75) is 24.4 Å². The van der Waals surface area contributed by atoms with Gasteiger partial charge in [-0.1, -0.05) is 30.3 Å². The molecule has 2 atom stereocenters. The molecule has 0 radical (unpaired) electrons. The van der Waals surface area contributed by atoms with E-state index in [9.17, 15) is 0 Å². The van der Waals surface area contributed by atoms with Crippen molar-refractivity contribution in [1.82, 2.24) is 0 Å². The van der Waals surface area contributed by atoms with Crippen molar-refractivity contribution >= 4 is 12.6 Å². The maximum Gasteiger partial charge on any atom is 0.0820 e. The lowest BCUT2D eigenvalue weighted by Crippen LogP contribution is -2.14. The van der Waals surface area contributed by atoms with E-state index in [1.807, 2.05) is 18.2 Å². The molecule has 2 rings (SSSR count). The van der Waals surface area contributed by atoms with E-state index in [1.54, 1.807) is 0 Å². The molecule has 1 aliphatic heterocycles. The molecule has 0 saturated carbocycles. The number of ether oxygens (including phenoxy) is 2. The second kappa shape index (κ2) is 5.54. The lowest BCUT2D eigenvalue weighted by Gasteiger charge is -2.09. The van der Waals surface area contributed by atoms with Gasteiger partial charge in [0.25, 0.3) is 0 Å². The van der Waals surface area contributed by atoms with Crippen LogP contribution in [0.4, 0.5) is 0 Å². The number of hydrogen-bond acceptors (Lipinski definition) is 3. The van der Waals surface area contributed by atoms with Crippen LogP contribution in [-0.4, -0.2) is 24.6 Å². The molecule has 1 saturated heterocycles. The molecule has 2 nitrogen and oxygen atoms in total. The highest BCUT2D eigenvalue weighted by Crippen LogP contribution is 2.18. The first kappa shape index (κ1) is 11.0. The minimum atomic E-state index is 0.233. The fourth-order valence-corrected chi connectivity index (χ4v) is 2.01. The fourth-order valence-electron chi connectivity index (χ4n) is 1.69. The maximum absolute atomic E-state index is 5.59. The van der Waals surface area contributed by atoms with Crippen LogP contribution < -0.4 is 0 Å². The molecular weight excluding hydrogens is 208 g/mol. The first-order valence-electron chi connectivity index (χ1n) is 5.26. The molecule has 1 fully saturated rings. The van der Waals surface area contributed by atoms with Crippen LogP contribution in [0.3, 0.4) is 0 Å². The van der Waals surface area contributed by atoms with Crippen LogP contribution in [-0.2, 0) is 16.1 Å². The molecule has 0 aliphatic carbocycles. The van der Waals surface area contributed by atoms with Crippen LogP contribution in [0.25, 0.3) is 0 Å². The van der Waals surface area contributed by atoms with Gasteiger partial charge in [-0.15, -0.1) is 0 Å². The predicted molar refractivity (Wildman–Crippen MR) is 63.2 cm³/mol. The van der Waals surface area contributed by atoms with Crippen molar-refractivity contribution in [2.75, 3.05) is 13.2 Å². The van der Waals surface area contributed by atoms with E-state index in [0.717, 1.165) is 13.0 Å². The van der Waals surface area contributed by atoms with E-state index < -0.39 is 0 Å². The number of rotatable bonds is 4. The third-order valence-electron chi connectivity index (χ3n) is 2.47. The topological polar surface area (TPSA) is 18.5 Å². The van der Waals surface area contributed by atoms with Gasteiger partial charge in [-0.3, -0.25) is 0 Å². The molecule has 0 bridgehead atoms. The molecule has 3 heteroatoms. The summed E-state index contributed by atoms with van der Waals surface area (Å²) in [6.07, 6.45) is 1.23. The number of hydrogen-bond donors (Lipinski definition) is 1. The van der Waals surface area contributed by atoms with E-state index >= 15 is 0 Å². The lowest BCUT2D eigenvalue weighted by atomic mass is 10.2. The molecule has 0 unspecified atom stereocenters. The van der Waals surface area contributed by atoms with Crippen LogP contribution in [0, 0.1) is 0 Å². The lowest BCUT2D eigenvalue weighted by molar-refractivity contribution is 0.0106. The minimum absolute atomic E-state index is 0.233. The van der Waals surface area contributed by atoms with Crippen LogP contribution in [0.2, 0.25) is 0 Å². The van der Waals surface area contributed by atoms with Crippen molar-refractivity contribution < 1.29 is 9.47 Å². The largest absolute Gasteiger partial charge is 0.375 e. The fraction of sp³-hybridized carbons (Fsp3) is 0.500. The highest BCUT2D eigenvalue weighted by Gasteiger charge is 2.22. The quantitative estimate of drug-likeness (QED) is 0.791. The van der Waals surface area contributed by atoms with Crippen molar-refractivity contribution in [3.63, 3.8) is 0 Å². The Hall–Kier alpha value is -0.510. The summed E-state index contributed by atoms with van der Waals surface area (Å²) in [4.78, 5) is 0. The van der Waals surface area contributed by atoms with Gasteiger partial charge in [0.1, 0.15) is 0 Å². The van der Waals surface area contributed by atoms with Gasteiger partial charge in [0.05, 0.1) is 25.9 Å². The Labute approximate surface area is 96.0 Å². The van der Waals surface area contributed by atoms with E-state index in [-0.39, 0.29) is 6.10 Å². The van der Waals surface area contributed by atoms with E-state index in [2.05, 4.69) is 24.8 Å². The van der Waals surface area contributed by atoms with Crippen LogP contribution in [0.15, 0.2) is 30.3 Å². The zero-order valence-electron chi connectivity index (χ0n) is 8.63. The van der Waals surface area contributed by atoms with E-state index in [4.69, 9.17) is 9.47 Å². The summed E-state index contributed by atoms with van der Waals surface area (Å²) >= 11 is 4.36. The normalized spacial score (nSPS) is 25.7. The van der Waals surface area contributed by atoms with Crippen molar-refractivity contribution in [2.24, 2.45) is 0 Å². The van der Waals surface area contributed by atoms with Gasteiger partial charge in [0, 0.05) is 5.25 Å². The smallest absolute Gasteiger partial charge is 0.0820 e. The van der Waals surface area contributed by atoms with Gasteiger partial charge in [0.15, 0.2) is 0 Å². The highest BCUT2D eigenvalue weighted by molar-refractivity contribution is 7.81. The van der Waals surface area contributed by atoms with Crippen LogP contribution in [0.1, 0.15) is 12.0 Å². The molecule has 0 spiro atoms. The molecule has 0 amide bonds. The second-order valence-corrected chi connectivity index (χ2v) is 4.58. The molecule has 0 N–H and O–H groups in total. The van der Waals surface area contributed by atoms with Crippen molar-refractivity contribution in [3.8, 4) is 0 Å². The Morgan fingerprint density at radius 1 is 1.33 bits per heavy atom. The molecule has 0 aromatic heterocycles. The van der Waals surface area contributed by atoms with Gasteiger partial charge < -0.3 is 9.47 Å². The molecule has 15 heavy (non-hydrogen) atoms. The maximum atomic E-state index is 5.59. The highest BCUT2D eigenvalue weighted by atomic mass is 32.1. The molecule has 1 aliphatic rings. The summed E-state index contributed by atoms with van der Waals surface area (Å²) in [5, 5.41) is 0.385. The third kappa shape index (κ3) is 3.52. The molecule has 1 aromatic carbocycles. The van der Waals surface area contributed by atoms with Gasteiger partial charge in [-0.2, -0.15) is 12.6 Å². The summed E-state index contributed by atoms with van der Waals surface area (Å²) in [6.45, 7) is 2.09. The van der Waals surface area contributed by atoms with E-state index in [0.29, 0.717) is 18.5 Å². The second-order valence-electron chi connectivity index (χ2n) is 3.85. The Balaban J connectivity index is 1.67. The molecule has 1 aromatic rings. The first-order chi connectivity index (χ1) is 7.34. The number of thiol groups is 1. The number of benzene rings is 1. The van der Waals surface area contributed by atoms with Gasteiger partial charge in [-0.05, 0) is 12.0 Å². The third-order valence-corrected chi connectivity index (χ3v) is 2.83. The SMILES string of the molecule is S[C@H]1CO[C@@H](COCc2ccccc2)C1. The summed E-state index contributed by atoms with van der Waals surface area (Å²) < 4.78 is 11.1. The Morgan fingerprint density at radius 3 is 2.80 bits per heavy atom. The molecule has 82 valence electrons. The summed E-state index contributed by atoms with van der Waals surface area (Å²) in [6, 6.07) is 10.2. The van der Waals surface area contributed by atoms with Crippen LogP contribution >= 0.6 is 12.6 Å². The van der Waals surface area contributed by atoms with Crippen molar-refractivity contribution in [3.05, 3.63) is 35.9 Å².